The highest BCUT2D eigenvalue weighted by molar-refractivity contribution is 7.93. The van der Waals surface area contributed by atoms with Crippen LogP contribution >= 0.6 is 11.6 Å². The quantitative estimate of drug-likeness (QED) is 0.918. The van der Waals surface area contributed by atoms with Gasteiger partial charge in [0.1, 0.15) is 0 Å². The van der Waals surface area contributed by atoms with Crippen molar-refractivity contribution in [2.24, 2.45) is 0 Å². The Morgan fingerprint density at radius 2 is 1.82 bits per heavy atom. The molecule has 1 aromatic heterocycles. The average molecular weight is 276 g/mol. The molecule has 7 heteroatoms. The van der Waals surface area contributed by atoms with Gasteiger partial charge in [-0.15, -0.1) is 0 Å². The maximum atomic E-state index is 12.1. The minimum Gasteiger partial charge on any atom is -0.265 e. The predicted octanol–water partition coefficient (Wildman–Crippen LogP) is 2.20. The van der Waals surface area contributed by atoms with E-state index in [1.165, 1.54) is 12.4 Å². The van der Waals surface area contributed by atoms with Gasteiger partial charge in [-0.05, 0) is 12.8 Å². The zero-order valence-corrected chi connectivity index (χ0v) is 10.8. The fourth-order valence-electron chi connectivity index (χ4n) is 1.98. The molecule has 1 aliphatic rings. The van der Waals surface area contributed by atoms with Gasteiger partial charge >= 0.3 is 0 Å². The Labute approximate surface area is 106 Å². The minimum atomic E-state index is -3.40. The van der Waals surface area contributed by atoms with E-state index in [-0.39, 0.29) is 16.2 Å². The van der Waals surface area contributed by atoms with Crippen LogP contribution in [0.15, 0.2) is 12.4 Å². The molecule has 0 aliphatic heterocycles. The Kier molecular flexibility index (Phi) is 3.83. The maximum absolute atomic E-state index is 12.1. The number of hydrogen-bond donors (Lipinski definition) is 1. The summed E-state index contributed by atoms with van der Waals surface area (Å²) in [7, 11) is -3.40. The van der Waals surface area contributed by atoms with Crippen LogP contribution in [-0.2, 0) is 10.0 Å². The number of sulfonamides is 1. The minimum absolute atomic E-state index is 0.0758. The fraction of sp³-hybridized carbons (Fsp3) is 0.600. The largest absolute Gasteiger partial charge is 0.265 e. The Balaban J connectivity index is 2.14. The highest BCUT2D eigenvalue weighted by atomic mass is 35.5. The molecule has 1 heterocycles. The lowest BCUT2D eigenvalue weighted by Gasteiger charge is -2.22. The summed E-state index contributed by atoms with van der Waals surface area (Å²) >= 11 is 5.77. The molecule has 0 unspecified atom stereocenters. The summed E-state index contributed by atoms with van der Waals surface area (Å²) in [5, 5.41) is -0.263. The van der Waals surface area contributed by atoms with Crippen LogP contribution in [-0.4, -0.2) is 23.6 Å². The second-order valence-electron chi connectivity index (χ2n) is 4.10. The van der Waals surface area contributed by atoms with Gasteiger partial charge in [0.2, 0.25) is 10.0 Å². The Morgan fingerprint density at radius 1 is 1.18 bits per heavy atom. The van der Waals surface area contributed by atoms with Gasteiger partial charge in [-0.3, -0.25) is 4.72 Å². The molecule has 2 rings (SSSR count). The molecule has 0 atom stereocenters. The van der Waals surface area contributed by atoms with Crippen molar-refractivity contribution in [2.45, 2.75) is 37.4 Å². The number of hydrogen-bond acceptors (Lipinski definition) is 4. The molecule has 94 valence electrons. The first-order chi connectivity index (χ1) is 8.09. The van der Waals surface area contributed by atoms with Crippen LogP contribution in [0.2, 0.25) is 5.15 Å². The van der Waals surface area contributed by atoms with Gasteiger partial charge in [0.25, 0.3) is 0 Å². The second kappa shape index (κ2) is 5.18. The van der Waals surface area contributed by atoms with Crippen molar-refractivity contribution in [3.05, 3.63) is 17.5 Å². The van der Waals surface area contributed by atoms with E-state index in [0.29, 0.717) is 12.8 Å². The zero-order chi connectivity index (χ0) is 12.3. The molecule has 0 radical (unpaired) electrons. The lowest BCUT2D eigenvalue weighted by atomic mass is 10.0. The van der Waals surface area contributed by atoms with Crippen LogP contribution in [0.5, 0.6) is 0 Å². The van der Waals surface area contributed by atoms with Gasteiger partial charge in [0.05, 0.1) is 5.25 Å². The number of halogens is 1. The van der Waals surface area contributed by atoms with E-state index in [1.54, 1.807) is 0 Å². The molecule has 0 saturated heterocycles. The molecule has 1 aliphatic carbocycles. The number of nitrogens with zero attached hydrogens (tertiary/aromatic N) is 2. The van der Waals surface area contributed by atoms with E-state index in [2.05, 4.69) is 14.7 Å². The molecular formula is C10H14ClN3O2S. The summed E-state index contributed by atoms with van der Waals surface area (Å²) in [6, 6.07) is 0. The Morgan fingerprint density at radius 3 is 2.47 bits per heavy atom. The summed E-state index contributed by atoms with van der Waals surface area (Å²) in [6.45, 7) is 0. The van der Waals surface area contributed by atoms with Gasteiger partial charge in [-0.1, -0.05) is 30.9 Å². The molecule has 0 amide bonds. The summed E-state index contributed by atoms with van der Waals surface area (Å²) < 4.78 is 26.6. The van der Waals surface area contributed by atoms with Gasteiger partial charge in [-0.2, -0.15) is 0 Å². The highest BCUT2D eigenvalue weighted by Gasteiger charge is 2.28. The molecule has 1 fully saturated rings. The van der Waals surface area contributed by atoms with Gasteiger partial charge < -0.3 is 0 Å². The standard InChI is InChI=1S/C10H14ClN3O2S/c11-9-10(13-7-6-12-9)14-17(15,16)8-4-2-1-3-5-8/h6-8H,1-5H2,(H,13,14). The molecule has 1 N–H and O–H groups in total. The molecule has 0 aromatic carbocycles. The number of rotatable bonds is 3. The lowest BCUT2D eigenvalue weighted by Crippen LogP contribution is -2.30. The normalized spacial score (nSPS) is 17.9. The number of aromatic nitrogens is 2. The number of anilines is 1. The van der Waals surface area contributed by atoms with E-state index >= 15 is 0 Å². The van der Waals surface area contributed by atoms with Crippen molar-refractivity contribution in [1.82, 2.24) is 9.97 Å². The van der Waals surface area contributed by atoms with Crippen molar-refractivity contribution in [1.29, 1.82) is 0 Å². The predicted molar refractivity (Wildman–Crippen MR) is 66.5 cm³/mol. The first-order valence-corrected chi connectivity index (χ1v) is 7.50. The van der Waals surface area contributed by atoms with Crippen LogP contribution in [0, 0.1) is 0 Å². The molecule has 0 spiro atoms. The third-order valence-electron chi connectivity index (χ3n) is 2.88. The van der Waals surface area contributed by atoms with E-state index in [1.807, 2.05) is 0 Å². The Bertz CT molecular complexity index is 486. The Hall–Kier alpha value is -0.880. The molecule has 1 aromatic rings. The van der Waals surface area contributed by atoms with Crippen molar-refractivity contribution < 1.29 is 8.42 Å². The first kappa shape index (κ1) is 12.6. The molecule has 1 saturated carbocycles. The van der Waals surface area contributed by atoms with Gasteiger partial charge in [-0.25, -0.2) is 18.4 Å². The van der Waals surface area contributed by atoms with Crippen LogP contribution in [0.3, 0.4) is 0 Å². The summed E-state index contributed by atoms with van der Waals surface area (Å²) in [6.07, 6.45) is 7.25. The molecule has 17 heavy (non-hydrogen) atoms. The molecule has 0 bridgehead atoms. The summed E-state index contributed by atoms with van der Waals surface area (Å²) in [5.41, 5.74) is 0. The lowest BCUT2D eigenvalue weighted by molar-refractivity contribution is 0.486. The van der Waals surface area contributed by atoms with Crippen molar-refractivity contribution in [3.8, 4) is 0 Å². The topological polar surface area (TPSA) is 72.0 Å². The maximum Gasteiger partial charge on any atom is 0.236 e. The van der Waals surface area contributed by atoms with Crippen molar-refractivity contribution in [3.63, 3.8) is 0 Å². The first-order valence-electron chi connectivity index (χ1n) is 5.58. The van der Waals surface area contributed by atoms with Gasteiger partial charge in [0, 0.05) is 12.4 Å². The van der Waals surface area contributed by atoms with Crippen LogP contribution in [0.1, 0.15) is 32.1 Å². The van der Waals surface area contributed by atoms with E-state index < -0.39 is 10.0 Å². The highest BCUT2D eigenvalue weighted by Crippen LogP contribution is 2.26. The third-order valence-corrected chi connectivity index (χ3v) is 4.99. The monoisotopic (exact) mass is 275 g/mol. The van der Waals surface area contributed by atoms with E-state index in [9.17, 15) is 8.42 Å². The van der Waals surface area contributed by atoms with E-state index in [0.717, 1.165) is 19.3 Å². The van der Waals surface area contributed by atoms with Crippen molar-refractivity contribution in [2.75, 3.05) is 4.72 Å². The average Bonchev–Trinajstić information content (AvgIpc) is 2.33. The molecular weight excluding hydrogens is 262 g/mol. The summed E-state index contributed by atoms with van der Waals surface area (Å²) in [4.78, 5) is 7.66. The van der Waals surface area contributed by atoms with Crippen LogP contribution in [0.4, 0.5) is 5.82 Å². The van der Waals surface area contributed by atoms with Crippen molar-refractivity contribution >= 4 is 27.4 Å². The van der Waals surface area contributed by atoms with E-state index in [4.69, 9.17) is 11.6 Å². The van der Waals surface area contributed by atoms with Crippen LogP contribution in [0.25, 0.3) is 0 Å². The summed E-state index contributed by atoms with van der Waals surface area (Å²) in [5.74, 6) is 0.111. The SMILES string of the molecule is O=S(=O)(Nc1nccnc1Cl)C1CCCCC1. The van der Waals surface area contributed by atoms with Crippen LogP contribution < -0.4 is 4.72 Å². The molecule has 5 nitrogen and oxygen atoms in total. The number of nitrogens with one attached hydrogen (secondary N) is 1. The third kappa shape index (κ3) is 3.07. The smallest absolute Gasteiger partial charge is 0.236 e. The zero-order valence-electron chi connectivity index (χ0n) is 9.26. The van der Waals surface area contributed by atoms with Gasteiger partial charge in [0.15, 0.2) is 11.0 Å². The fourth-order valence-corrected chi connectivity index (χ4v) is 3.73. The second-order valence-corrected chi connectivity index (χ2v) is 6.42.